The fourth-order valence-electron chi connectivity index (χ4n) is 3.63. The van der Waals surface area contributed by atoms with Gasteiger partial charge >= 0.3 is 5.69 Å². The Morgan fingerprint density at radius 1 is 1.25 bits per heavy atom. The average Bonchev–Trinajstić information content (AvgIpc) is 3.30. The summed E-state index contributed by atoms with van der Waals surface area (Å²) in [6.07, 6.45) is 6.63. The van der Waals surface area contributed by atoms with Crippen LogP contribution in [0.1, 0.15) is 18.9 Å². The summed E-state index contributed by atoms with van der Waals surface area (Å²) in [6.45, 7) is 2.99. The SMILES string of the molecule is C/C=C(\CCF)n1c(=O)n(C)c2cnc(Nc3cc(F)c(-c4cnn(C)c4)cc3C)nc21. The lowest BCUT2D eigenvalue weighted by Crippen LogP contribution is -2.22. The molecule has 1 aromatic carbocycles. The third-order valence-electron chi connectivity index (χ3n) is 5.35. The third kappa shape index (κ3) is 3.68. The first-order valence-electron chi connectivity index (χ1n) is 10.1. The van der Waals surface area contributed by atoms with Gasteiger partial charge in [0.15, 0.2) is 5.65 Å². The van der Waals surface area contributed by atoms with E-state index in [9.17, 15) is 13.6 Å². The molecular formula is C22H23F2N7O. The quantitative estimate of drug-likeness (QED) is 0.492. The van der Waals surface area contributed by atoms with Crippen molar-refractivity contribution in [2.75, 3.05) is 12.0 Å². The van der Waals surface area contributed by atoms with Crippen molar-refractivity contribution >= 4 is 28.5 Å². The van der Waals surface area contributed by atoms with Crippen LogP contribution in [0.3, 0.4) is 0 Å². The second-order valence-electron chi connectivity index (χ2n) is 7.47. The molecule has 0 amide bonds. The van der Waals surface area contributed by atoms with Crippen LogP contribution in [-0.4, -0.2) is 35.6 Å². The molecule has 10 heteroatoms. The van der Waals surface area contributed by atoms with Crippen LogP contribution in [0.5, 0.6) is 0 Å². The number of aromatic nitrogens is 6. The van der Waals surface area contributed by atoms with Gasteiger partial charge in [0.05, 0.1) is 19.1 Å². The molecule has 4 aromatic rings. The molecule has 32 heavy (non-hydrogen) atoms. The van der Waals surface area contributed by atoms with E-state index < -0.39 is 12.5 Å². The highest BCUT2D eigenvalue weighted by atomic mass is 19.1. The predicted octanol–water partition coefficient (Wildman–Crippen LogP) is 3.94. The lowest BCUT2D eigenvalue weighted by Gasteiger charge is -2.11. The highest BCUT2D eigenvalue weighted by Crippen LogP contribution is 2.29. The van der Waals surface area contributed by atoms with Gasteiger partial charge in [-0.25, -0.2) is 18.7 Å². The molecule has 0 saturated heterocycles. The average molecular weight is 439 g/mol. The Morgan fingerprint density at radius 2 is 2.03 bits per heavy atom. The van der Waals surface area contributed by atoms with E-state index in [2.05, 4.69) is 20.4 Å². The van der Waals surface area contributed by atoms with E-state index in [1.54, 1.807) is 50.2 Å². The summed E-state index contributed by atoms with van der Waals surface area (Å²) < 4.78 is 32.2. The molecule has 4 rings (SSSR count). The molecule has 3 heterocycles. The summed E-state index contributed by atoms with van der Waals surface area (Å²) in [5.74, 6) is -0.216. The van der Waals surface area contributed by atoms with Gasteiger partial charge in [0.1, 0.15) is 11.3 Å². The number of allylic oxidation sites excluding steroid dienone is 2. The Kier molecular flexibility index (Phi) is 5.60. The predicted molar refractivity (Wildman–Crippen MR) is 120 cm³/mol. The van der Waals surface area contributed by atoms with Crippen LogP contribution in [0.15, 0.2) is 41.6 Å². The third-order valence-corrected chi connectivity index (χ3v) is 5.35. The first-order chi connectivity index (χ1) is 15.3. The normalized spacial score (nSPS) is 12.0. The highest BCUT2D eigenvalue weighted by Gasteiger charge is 2.17. The van der Waals surface area contributed by atoms with E-state index in [4.69, 9.17) is 0 Å². The highest BCUT2D eigenvalue weighted by molar-refractivity contribution is 5.77. The molecule has 0 atom stereocenters. The van der Waals surface area contributed by atoms with Crippen LogP contribution in [-0.2, 0) is 14.1 Å². The fraction of sp³-hybridized carbons (Fsp3) is 0.273. The van der Waals surface area contributed by atoms with Gasteiger partial charge in [-0.15, -0.1) is 0 Å². The molecule has 8 nitrogen and oxygen atoms in total. The van der Waals surface area contributed by atoms with Crippen molar-refractivity contribution in [3.8, 4) is 11.1 Å². The topological polar surface area (TPSA) is 82.6 Å². The van der Waals surface area contributed by atoms with Crippen LogP contribution in [0, 0.1) is 12.7 Å². The number of alkyl halides is 1. The zero-order chi connectivity index (χ0) is 23.0. The van der Waals surface area contributed by atoms with Crippen molar-refractivity contribution in [1.82, 2.24) is 28.9 Å². The molecule has 0 bridgehead atoms. The van der Waals surface area contributed by atoms with Gasteiger partial charge < -0.3 is 5.32 Å². The molecule has 3 aromatic heterocycles. The van der Waals surface area contributed by atoms with Crippen LogP contribution in [0.2, 0.25) is 0 Å². The van der Waals surface area contributed by atoms with Gasteiger partial charge in [-0.2, -0.15) is 10.1 Å². The Bertz CT molecular complexity index is 1400. The summed E-state index contributed by atoms with van der Waals surface area (Å²) in [4.78, 5) is 21.5. The fourth-order valence-corrected chi connectivity index (χ4v) is 3.63. The van der Waals surface area contributed by atoms with E-state index in [1.807, 2.05) is 6.92 Å². The number of halogens is 2. The number of nitrogens with one attached hydrogen (secondary N) is 1. The van der Waals surface area contributed by atoms with E-state index >= 15 is 0 Å². The monoisotopic (exact) mass is 439 g/mol. The number of rotatable bonds is 6. The molecular weight excluding hydrogens is 416 g/mol. The van der Waals surface area contributed by atoms with Gasteiger partial charge in [-0.05, 0) is 31.5 Å². The molecule has 0 spiro atoms. The molecule has 0 unspecified atom stereocenters. The van der Waals surface area contributed by atoms with Gasteiger partial charge in [0.2, 0.25) is 5.95 Å². The first-order valence-corrected chi connectivity index (χ1v) is 10.1. The summed E-state index contributed by atoms with van der Waals surface area (Å²) >= 11 is 0. The standard InChI is InChI=1S/C22H23F2N7O/c1-5-15(6-7-23)31-20-19(30(4)22(31)32)11-25-21(28-20)27-18-9-17(24)16(8-13(18)2)14-10-26-29(3)12-14/h5,8-12H,6-7H2,1-4H3,(H,25,27,28)/b15-5+. The number of imidazole rings is 1. The number of hydrogen-bond donors (Lipinski definition) is 1. The summed E-state index contributed by atoms with van der Waals surface area (Å²) in [5.41, 5.74) is 3.43. The van der Waals surface area contributed by atoms with Crippen LogP contribution < -0.4 is 11.0 Å². The number of anilines is 2. The Morgan fingerprint density at radius 3 is 2.69 bits per heavy atom. The molecule has 0 aliphatic rings. The van der Waals surface area contributed by atoms with E-state index in [0.717, 1.165) is 5.56 Å². The first kappa shape index (κ1) is 21.4. The van der Waals surface area contributed by atoms with Gasteiger partial charge in [-0.3, -0.25) is 13.6 Å². The maximum absolute atomic E-state index is 14.8. The maximum atomic E-state index is 14.8. The number of fused-ring (bicyclic) bond motifs is 1. The molecule has 1 N–H and O–H groups in total. The van der Waals surface area contributed by atoms with Crippen molar-refractivity contribution in [1.29, 1.82) is 0 Å². The summed E-state index contributed by atoms with van der Waals surface area (Å²) in [7, 11) is 3.38. The zero-order valence-corrected chi connectivity index (χ0v) is 18.2. The summed E-state index contributed by atoms with van der Waals surface area (Å²) in [6, 6.07) is 3.11. The largest absolute Gasteiger partial charge is 0.334 e. The minimum atomic E-state index is -0.597. The van der Waals surface area contributed by atoms with Crippen LogP contribution in [0.25, 0.3) is 28.0 Å². The van der Waals surface area contributed by atoms with Crippen LogP contribution >= 0.6 is 0 Å². The van der Waals surface area contributed by atoms with E-state index in [-0.39, 0.29) is 18.1 Å². The Hall–Kier alpha value is -3.82. The number of nitrogens with zero attached hydrogens (tertiary/aromatic N) is 6. The lowest BCUT2D eigenvalue weighted by atomic mass is 10.0. The van der Waals surface area contributed by atoms with E-state index in [1.165, 1.54) is 21.4 Å². The van der Waals surface area contributed by atoms with Crippen LogP contribution in [0.4, 0.5) is 20.4 Å². The minimum Gasteiger partial charge on any atom is -0.324 e. The van der Waals surface area contributed by atoms with Gasteiger partial charge in [0.25, 0.3) is 0 Å². The molecule has 166 valence electrons. The Balaban J connectivity index is 1.75. The molecule has 0 radical (unpaired) electrons. The van der Waals surface area contributed by atoms with E-state index in [0.29, 0.717) is 33.7 Å². The number of aryl methyl sites for hydroxylation is 3. The van der Waals surface area contributed by atoms with Gasteiger partial charge in [-0.1, -0.05) is 6.08 Å². The Labute approximate surface area is 182 Å². The second-order valence-corrected chi connectivity index (χ2v) is 7.47. The molecule has 0 aliphatic heterocycles. The second kappa shape index (κ2) is 8.37. The maximum Gasteiger partial charge on any atom is 0.334 e. The lowest BCUT2D eigenvalue weighted by molar-refractivity contribution is 0.500. The molecule has 0 saturated carbocycles. The van der Waals surface area contributed by atoms with Crippen molar-refractivity contribution in [3.05, 3.63) is 58.7 Å². The van der Waals surface area contributed by atoms with Crippen molar-refractivity contribution < 1.29 is 8.78 Å². The number of hydrogen-bond acceptors (Lipinski definition) is 5. The smallest absolute Gasteiger partial charge is 0.324 e. The van der Waals surface area contributed by atoms with Gasteiger partial charge in [0, 0.05) is 49.2 Å². The van der Waals surface area contributed by atoms with Crippen molar-refractivity contribution in [3.63, 3.8) is 0 Å². The molecule has 0 aliphatic carbocycles. The van der Waals surface area contributed by atoms with Crippen molar-refractivity contribution in [2.45, 2.75) is 20.3 Å². The zero-order valence-electron chi connectivity index (χ0n) is 18.2. The molecule has 0 fully saturated rings. The summed E-state index contributed by atoms with van der Waals surface area (Å²) in [5, 5.41) is 7.12. The minimum absolute atomic E-state index is 0.0857. The number of benzene rings is 1. The van der Waals surface area contributed by atoms with Crippen molar-refractivity contribution in [2.24, 2.45) is 14.1 Å².